The Balaban J connectivity index is 1.94. The van der Waals surface area contributed by atoms with Gasteiger partial charge in [-0.25, -0.2) is 8.42 Å². The van der Waals surface area contributed by atoms with Crippen LogP contribution in [0.4, 0.5) is 0 Å². The molecule has 0 atom stereocenters. The zero-order valence-electron chi connectivity index (χ0n) is 13.1. The Morgan fingerprint density at radius 2 is 1.74 bits per heavy atom. The number of rotatable bonds is 6. The highest BCUT2D eigenvalue weighted by molar-refractivity contribution is 7.90. The molecule has 0 saturated carbocycles. The third-order valence-corrected chi connectivity index (χ3v) is 4.51. The van der Waals surface area contributed by atoms with Crippen LogP contribution in [0.5, 0.6) is 5.75 Å². The summed E-state index contributed by atoms with van der Waals surface area (Å²) >= 11 is 0. The van der Waals surface area contributed by atoms with Crippen LogP contribution in [0.3, 0.4) is 0 Å². The van der Waals surface area contributed by atoms with E-state index >= 15 is 0 Å². The number of hydrogen-bond donors (Lipinski definition) is 1. The molecule has 0 saturated heterocycles. The average molecular weight is 333 g/mol. The summed E-state index contributed by atoms with van der Waals surface area (Å²) in [6.45, 7) is 0.345. The second-order valence-corrected chi connectivity index (χ2v) is 7.20. The second-order valence-electron chi connectivity index (χ2n) is 5.18. The van der Waals surface area contributed by atoms with E-state index in [2.05, 4.69) is 5.32 Å². The predicted octanol–water partition coefficient (Wildman–Crippen LogP) is 1.96. The summed E-state index contributed by atoms with van der Waals surface area (Å²) in [6.07, 6.45) is 1.39. The highest BCUT2D eigenvalue weighted by atomic mass is 32.2. The lowest BCUT2D eigenvalue weighted by Gasteiger charge is -2.09. The Hall–Kier alpha value is -2.34. The van der Waals surface area contributed by atoms with E-state index in [0.717, 1.165) is 17.4 Å². The number of carbonyl (C=O) groups is 1. The van der Waals surface area contributed by atoms with Gasteiger partial charge in [0.1, 0.15) is 5.75 Å². The molecular weight excluding hydrogens is 314 g/mol. The molecule has 6 heteroatoms. The Labute approximate surface area is 136 Å². The van der Waals surface area contributed by atoms with Gasteiger partial charge in [-0.2, -0.15) is 0 Å². The maximum Gasteiger partial charge on any atom is 0.224 e. The van der Waals surface area contributed by atoms with Crippen LogP contribution in [0, 0.1) is 0 Å². The topological polar surface area (TPSA) is 72.5 Å². The van der Waals surface area contributed by atoms with Gasteiger partial charge in [0.05, 0.1) is 18.4 Å². The van der Waals surface area contributed by atoms with E-state index < -0.39 is 9.84 Å². The third-order valence-electron chi connectivity index (χ3n) is 3.38. The molecule has 0 aromatic heterocycles. The summed E-state index contributed by atoms with van der Waals surface area (Å²) in [4.78, 5) is 12.3. The number of amides is 1. The van der Waals surface area contributed by atoms with Crippen LogP contribution in [-0.4, -0.2) is 27.7 Å². The minimum absolute atomic E-state index is 0.123. The highest BCUT2D eigenvalue weighted by Gasteiger charge is 2.09. The lowest BCUT2D eigenvalue weighted by Crippen LogP contribution is -2.24. The van der Waals surface area contributed by atoms with Gasteiger partial charge in [0.2, 0.25) is 5.91 Å². The molecule has 0 aliphatic carbocycles. The van der Waals surface area contributed by atoms with Crippen LogP contribution in [0.1, 0.15) is 11.1 Å². The first-order valence-corrected chi connectivity index (χ1v) is 8.97. The fraction of sp³-hybridized carbons (Fsp3) is 0.235. The van der Waals surface area contributed by atoms with Crippen molar-refractivity contribution < 1.29 is 17.9 Å². The largest absolute Gasteiger partial charge is 0.496 e. The number of ether oxygens (including phenoxy) is 1. The molecule has 0 aliphatic heterocycles. The predicted molar refractivity (Wildman–Crippen MR) is 88.1 cm³/mol. The minimum Gasteiger partial charge on any atom is -0.496 e. The Morgan fingerprint density at radius 3 is 2.35 bits per heavy atom. The van der Waals surface area contributed by atoms with Crippen LogP contribution >= 0.6 is 0 Å². The number of sulfone groups is 1. The van der Waals surface area contributed by atoms with Crippen molar-refractivity contribution in [3.05, 3.63) is 59.7 Å². The number of para-hydroxylation sites is 1. The van der Waals surface area contributed by atoms with E-state index in [1.807, 2.05) is 24.3 Å². The lowest BCUT2D eigenvalue weighted by molar-refractivity contribution is -0.120. The van der Waals surface area contributed by atoms with Crippen molar-refractivity contribution in [3.63, 3.8) is 0 Å². The summed E-state index contributed by atoms with van der Waals surface area (Å²) in [5, 5.41) is 2.81. The normalized spacial score (nSPS) is 11.0. The summed E-state index contributed by atoms with van der Waals surface area (Å²) in [6, 6.07) is 13.8. The van der Waals surface area contributed by atoms with Gasteiger partial charge >= 0.3 is 0 Å². The van der Waals surface area contributed by atoms with Gasteiger partial charge < -0.3 is 10.1 Å². The second kappa shape index (κ2) is 7.28. The van der Waals surface area contributed by atoms with Gasteiger partial charge in [0, 0.05) is 18.4 Å². The van der Waals surface area contributed by atoms with E-state index in [0.29, 0.717) is 12.3 Å². The number of hydrogen-bond acceptors (Lipinski definition) is 4. The van der Waals surface area contributed by atoms with Gasteiger partial charge in [-0.1, -0.05) is 30.3 Å². The van der Waals surface area contributed by atoms with Gasteiger partial charge in [0.15, 0.2) is 9.84 Å². The van der Waals surface area contributed by atoms with E-state index in [9.17, 15) is 13.2 Å². The van der Waals surface area contributed by atoms with Gasteiger partial charge in [0.25, 0.3) is 0 Å². The van der Waals surface area contributed by atoms with Crippen LogP contribution in [0.15, 0.2) is 53.4 Å². The summed E-state index contributed by atoms with van der Waals surface area (Å²) < 4.78 is 28.0. The molecule has 2 aromatic carbocycles. The molecule has 2 rings (SSSR count). The first kappa shape index (κ1) is 17.0. The molecule has 2 aromatic rings. The highest BCUT2D eigenvalue weighted by Crippen LogP contribution is 2.17. The molecule has 122 valence electrons. The Kier molecular flexibility index (Phi) is 5.39. The van der Waals surface area contributed by atoms with Crippen LogP contribution in [0.2, 0.25) is 0 Å². The lowest BCUT2D eigenvalue weighted by atomic mass is 10.1. The molecule has 0 fully saturated rings. The van der Waals surface area contributed by atoms with Crippen molar-refractivity contribution >= 4 is 15.7 Å². The molecule has 0 spiro atoms. The first-order chi connectivity index (χ1) is 10.9. The number of carbonyl (C=O) groups excluding carboxylic acids is 1. The van der Waals surface area contributed by atoms with Crippen LogP contribution in [-0.2, 0) is 27.6 Å². The van der Waals surface area contributed by atoms with E-state index in [-0.39, 0.29) is 17.2 Å². The minimum atomic E-state index is -3.20. The number of nitrogens with one attached hydrogen (secondary N) is 1. The zero-order valence-corrected chi connectivity index (χ0v) is 13.9. The molecule has 0 heterocycles. The van der Waals surface area contributed by atoms with Crippen molar-refractivity contribution in [2.24, 2.45) is 0 Å². The Morgan fingerprint density at radius 1 is 1.09 bits per heavy atom. The molecule has 5 nitrogen and oxygen atoms in total. The molecule has 0 aliphatic rings. The molecule has 1 amide bonds. The summed E-state index contributed by atoms with van der Waals surface area (Å²) in [5.74, 6) is 0.557. The SMILES string of the molecule is COc1ccccc1CC(=O)NCc1ccc(S(C)(=O)=O)cc1. The molecule has 23 heavy (non-hydrogen) atoms. The zero-order chi connectivity index (χ0) is 16.9. The average Bonchev–Trinajstić information content (AvgIpc) is 2.53. The van der Waals surface area contributed by atoms with Gasteiger partial charge in [-0.15, -0.1) is 0 Å². The number of methoxy groups -OCH3 is 1. The maximum atomic E-state index is 12.0. The van der Waals surface area contributed by atoms with E-state index in [1.165, 1.54) is 12.1 Å². The smallest absolute Gasteiger partial charge is 0.224 e. The molecule has 0 bridgehead atoms. The molecule has 0 unspecified atom stereocenters. The standard InChI is InChI=1S/C17H19NO4S/c1-22-16-6-4-3-5-14(16)11-17(19)18-12-13-7-9-15(10-8-13)23(2,20)21/h3-10H,11-12H2,1-2H3,(H,18,19). The molecule has 1 N–H and O–H groups in total. The molecule has 0 radical (unpaired) electrons. The fourth-order valence-electron chi connectivity index (χ4n) is 2.14. The third kappa shape index (κ3) is 4.82. The maximum absolute atomic E-state index is 12.0. The molecular formula is C17H19NO4S. The van der Waals surface area contributed by atoms with Crippen molar-refractivity contribution in [1.82, 2.24) is 5.32 Å². The Bertz CT molecular complexity index is 782. The summed E-state index contributed by atoms with van der Waals surface area (Å²) in [5.41, 5.74) is 1.66. The fourth-order valence-corrected chi connectivity index (χ4v) is 2.77. The quantitative estimate of drug-likeness (QED) is 0.877. The van der Waals surface area contributed by atoms with Gasteiger partial charge in [-0.05, 0) is 23.8 Å². The monoisotopic (exact) mass is 333 g/mol. The van der Waals surface area contributed by atoms with Crippen molar-refractivity contribution in [1.29, 1.82) is 0 Å². The summed E-state index contributed by atoms with van der Waals surface area (Å²) in [7, 11) is -1.63. The van der Waals surface area contributed by atoms with Crippen molar-refractivity contribution in [2.45, 2.75) is 17.9 Å². The van der Waals surface area contributed by atoms with Gasteiger partial charge in [-0.3, -0.25) is 4.79 Å². The van der Waals surface area contributed by atoms with E-state index in [1.54, 1.807) is 19.2 Å². The number of benzene rings is 2. The van der Waals surface area contributed by atoms with E-state index in [4.69, 9.17) is 4.74 Å². The van der Waals surface area contributed by atoms with Crippen LogP contribution < -0.4 is 10.1 Å². The van der Waals surface area contributed by atoms with Crippen molar-refractivity contribution in [3.8, 4) is 5.75 Å². The first-order valence-electron chi connectivity index (χ1n) is 7.08. The van der Waals surface area contributed by atoms with Crippen LogP contribution in [0.25, 0.3) is 0 Å². The van der Waals surface area contributed by atoms with Crippen molar-refractivity contribution in [2.75, 3.05) is 13.4 Å².